The van der Waals surface area contributed by atoms with E-state index < -0.39 is 0 Å². The summed E-state index contributed by atoms with van der Waals surface area (Å²) in [6.45, 7) is 5.26. The molecular weight excluding hydrogens is 162 g/mol. The molecule has 1 aromatic rings. The Bertz CT molecular complexity index is 265. The normalized spacial score (nSPS) is 23.4. The highest BCUT2D eigenvalue weighted by atomic mass is 16.3. The first kappa shape index (κ1) is 8.82. The number of hydrogen-bond donors (Lipinski definition) is 1. The minimum atomic E-state index is 0.459. The molecule has 0 unspecified atom stereocenters. The van der Waals surface area contributed by atoms with Crippen LogP contribution in [0.5, 0.6) is 0 Å². The molecule has 0 aliphatic carbocycles. The minimum absolute atomic E-state index is 0.459. The predicted octanol–water partition coefficient (Wildman–Crippen LogP) is 2.71. The Morgan fingerprint density at radius 3 is 2.77 bits per heavy atom. The van der Waals surface area contributed by atoms with Gasteiger partial charge in [-0.3, -0.25) is 0 Å². The molecule has 2 heteroatoms. The number of hydrogen-bond acceptors (Lipinski definition) is 2. The number of nitrogens with one attached hydrogen (secondary N) is 1. The second kappa shape index (κ2) is 3.54. The summed E-state index contributed by atoms with van der Waals surface area (Å²) in [6, 6.07) is 2.62. The number of furan rings is 1. The summed E-state index contributed by atoms with van der Waals surface area (Å²) >= 11 is 0. The Kier molecular flexibility index (Phi) is 2.40. The van der Waals surface area contributed by atoms with Crippen LogP contribution in [0.15, 0.2) is 10.5 Å². The van der Waals surface area contributed by atoms with Gasteiger partial charge in [-0.25, -0.2) is 0 Å². The van der Waals surface area contributed by atoms with Gasteiger partial charge in [0.15, 0.2) is 0 Å². The molecule has 0 radical (unpaired) electrons. The van der Waals surface area contributed by atoms with E-state index in [1.165, 1.54) is 24.8 Å². The van der Waals surface area contributed by atoms with Gasteiger partial charge in [-0.2, -0.15) is 0 Å². The Hall–Kier alpha value is -0.760. The fourth-order valence-corrected chi connectivity index (χ4v) is 1.87. The zero-order chi connectivity index (χ0) is 9.26. The zero-order valence-corrected chi connectivity index (χ0v) is 8.39. The van der Waals surface area contributed by atoms with Crippen molar-refractivity contribution in [2.75, 3.05) is 6.54 Å². The fraction of sp³-hybridized carbons (Fsp3) is 0.636. The van der Waals surface area contributed by atoms with Crippen molar-refractivity contribution in [3.05, 3.63) is 23.2 Å². The van der Waals surface area contributed by atoms with Crippen molar-refractivity contribution in [1.82, 2.24) is 5.32 Å². The predicted molar refractivity (Wildman–Crippen MR) is 52.8 cm³/mol. The SMILES string of the molecule is Cc1cc([C@@H]2CCCCN2)oc1C. The van der Waals surface area contributed by atoms with Gasteiger partial charge < -0.3 is 9.73 Å². The molecule has 0 bridgehead atoms. The van der Waals surface area contributed by atoms with Gasteiger partial charge in [-0.1, -0.05) is 6.42 Å². The average Bonchev–Trinajstić information content (AvgIpc) is 2.49. The van der Waals surface area contributed by atoms with Crippen molar-refractivity contribution >= 4 is 0 Å². The van der Waals surface area contributed by atoms with E-state index >= 15 is 0 Å². The molecule has 1 aromatic heterocycles. The third-order valence-electron chi connectivity index (χ3n) is 2.84. The monoisotopic (exact) mass is 179 g/mol. The van der Waals surface area contributed by atoms with Crippen LogP contribution in [0.3, 0.4) is 0 Å². The Labute approximate surface area is 79.3 Å². The number of piperidine rings is 1. The fourth-order valence-electron chi connectivity index (χ4n) is 1.87. The lowest BCUT2D eigenvalue weighted by molar-refractivity contribution is 0.343. The summed E-state index contributed by atoms with van der Waals surface area (Å²) in [7, 11) is 0. The van der Waals surface area contributed by atoms with Crippen LogP contribution >= 0.6 is 0 Å². The third-order valence-corrected chi connectivity index (χ3v) is 2.84. The summed E-state index contributed by atoms with van der Waals surface area (Å²) in [5.74, 6) is 2.18. The van der Waals surface area contributed by atoms with Crippen LogP contribution in [0.25, 0.3) is 0 Å². The first-order valence-corrected chi connectivity index (χ1v) is 5.07. The van der Waals surface area contributed by atoms with E-state index in [4.69, 9.17) is 4.42 Å². The molecule has 1 saturated heterocycles. The molecule has 1 aliphatic rings. The second-order valence-electron chi connectivity index (χ2n) is 3.89. The molecule has 2 nitrogen and oxygen atoms in total. The van der Waals surface area contributed by atoms with E-state index in [0.717, 1.165) is 18.1 Å². The van der Waals surface area contributed by atoms with Gasteiger partial charge in [0.05, 0.1) is 6.04 Å². The molecule has 0 aromatic carbocycles. The van der Waals surface area contributed by atoms with E-state index in [1.807, 2.05) is 6.92 Å². The van der Waals surface area contributed by atoms with Crippen LogP contribution in [0.1, 0.15) is 42.4 Å². The standard InChI is InChI=1S/C11H17NO/c1-8-7-11(13-9(8)2)10-5-3-4-6-12-10/h7,10,12H,3-6H2,1-2H3/t10-/m0/s1. The van der Waals surface area contributed by atoms with Gasteiger partial charge in [0.1, 0.15) is 11.5 Å². The molecule has 2 heterocycles. The number of rotatable bonds is 1. The van der Waals surface area contributed by atoms with E-state index in [1.54, 1.807) is 0 Å². The molecular formula is C11H17NO. The van der Waals surface area contributed by atoms with Gasteiger partial charge in [-0.05, 0) is 44.9 Å². The van der Waals surface area contributed by atoms with Crippen LogP contribution in [0.4, 0.5) is 0 Å². The second-order valence-corrected chi connectivity index (χ2v) is 3.89. The van der Waals surface area contributed by atoms with Gasteiger partial charge in [0, 0.05) is 0 Å². The topological polar surface area (TPSA) is 25.2 Å². The summed E-state index contributed by atoms with van der Waals surface area (Å²) in [4.78, 5) is 0. The van der Waals surface area contributed by atoms with Crippen LogP contribution in [-0.2, 0) is 0 Å². The Morgan fingerprint density at radius 1 is 1.38 bits per heavy atom. The molecule has 1 atom stereocenters. The molecule has 0 amide bonds. The van der Waals surface area contributed by atoms with Crippen molar-refractivity contribution in [1.29, 1.82) is 0 Å². The van der Waals surface area contributed by atoms with Crippen LogP contribution in [-0.4, -0.2) is 6.54 Å². The Balaban J connectivity index is 2.14. The highest BCUT2D eigenvalue weighted by Crippen LogP contribution is 2.26. The molecule has 2 rings (SSSR count). The van der Waals surface area contributed by atoms with Gasteiger partial charge in [0.25, 0.3) is 0 Å². The molecule has 72 valence electrons. The van der Waals surface area contributed by atoms with Gasteiger partial charge in [0.2, 0.25) is 0 Å². The summed E-state index contributed by atoms with van der Waals surface area (Å²) in [5.41, 5.74) is 1.27. The quantitative estimate of drug-likeness (QED) is 0.717. The van der Waals surface area contributed by atoms with Gasteiger partial charge in [-0.15, -0.1) is 0 Å². The summed E-state index contributed by atoms with van der Waals surface area (Å²) in [6.07, 6.45) is 3.83. The largest absolute Gasteiger partial charge is 0.464 e. The zero-order valence-electron chi connectivity index (χ0n) is 8.39. The molecule has 0 spiro atoms. The average molecular weight is 179 g/mol. The molecule has 1 fully saturated rings. The highest BCUT2D eigenvalue weighted by Gasteiger charge is 2.18. The minimum Gasteiger partial charge on any atom is -0.464 e. The van der Waals surface area contributed by atoms with Crippen LogP contribution in [0, 0.1) is 13.8 Å². The number of aryl methyl sites for hydroxylation is 2. The van der Waals surface area contributed by atoms with Crippen LogP contribution < -0.4 is 5.32 Å². The van der Waals surface area contributed by atoms with Gasteiger partial charge >= 0.3 is 0 Å². The molecule has 1 aliphatic heterocycles. The maximum atomic E-state index is 5.69. The molecule has 13 heavy (non-hydrogen) atoms. The summed E-state index contributed by atoms with van der Waals surface area (Å²) < 4.78 is 5.69. The lowest BCUT2D eigenvalue weighted by Crippen LogP contribution is -2.26. The maximum Gasteiger partial charge on any atom is 0.121 e. The molecule has 0 saturated carbocycles. The summed E-state index contributed by atoms with van der Waals surface area (Å²) in [5, 5.41) is 3.48. The first-order valence-electron chi connectivity index (χ1n) is 5.07. The van der Waals surface area contributed by atoms with E-state index in [-0.39, 0.29) is 0 Å². The van der Waals surface area contributed by atoms with Crippen molar-refractivity contribution in [3.8, 4) is 0 Å². The lowest BCUT2D eigenvalue weighted by atomic mass is 10.0. The maximum absolute atomic E-state index is 5.69. The van der Waals surface area contributed by atoms with E-state index in [2.05, 4.69) is 18.3 Å². The highest BCUT2D eigenvalue weighted by molar-refractivity contribution is 5.20. The van der Waals surface area contributed by atoms with Crippen LogP contribution in [0.2, 0.25) is 0 Å². The van der Waals surface area contributed by atoms with Crippen molar-refractivity contribution < 1.29 is 4.42 Å². The lowest BCUT2D eigenvalue weighted by Gasteiger charge is -2.21. The van der Waals surface area contributed by atoms with Crippen molar-refractivity contribution in [2.24, 2.45) is 0 Å². The van der Waals surface area contributed by atoms with E-state index in [9.17, 15) is 0 Å². The Morgan fingerprint density at radius 2 is 2.23 bits per heavy atom. The van der Waals surface area contributed by atoms with E-state index in [0.29, 0.717) is 6.04 Å². The molecule has 1 N–H and O–H groups in total. The third kappa shape index (κ3) is 1.78. The first-order chi connectivity index (χ1) is 6.27. The van der Waals surface area contributed by atoms with Crippen molar-refractivity contribution in [2.45, 2.75) is 39.2 Å². The smallest absolute Gasteiger partial charge is 0.121 e. The van der Waals surface area contributed by atoms with Crippen molar-refractivity contribution in [3.63, 3.8) is 0 Å².